The van der Waals surface area contributed by atoms with Gasteiger partial charge in [-0.3, -0.25) is 0 Å². The molecule has 1 aromatic carbocycles. The lowest BCUT2D eigenvalue weighted by Crippen LogP contribution is -2.41. The smallest absolute Gasteiger partial charge is 0.150 e. The van der Waals surface area contributed by atoms with Gasteiger partial charge in [-0.25, -0.2) is 8.42 Å². The SMILES string of the molecule is O=S1(=O)CCC(C(CO)(CO)Cc2ccc(Br)cc2Cl)C1. The molecule has 0 bridgehead atoms. The predicted octanol–water partition coefficient (Wildman–Crippen LogP) is 2.05. The molecular weight excluding hydrogens is 380 g/mol. The van der Waals surface area contributed by atoms with E-state index in [1.165, 1.54) is 0 Å². The first-order valence-corrected chi connectivity index (χ1v) is 9.67. The molecule has 2 N–H and O–H groups in total. The van der Waals surface area contributed by atoms with Gasteiger partial charge in [0.05, 0.1) is 24.7 Å². The lowest BCUT2D eigenvalue weighted by Gasteiger charge is -2.35. The number of benzene rings is 1. The fourth-order valence-corrected chi connectivity index (χ4v) is 5.57. The molecular formula is C14H18BrClO4S. The van der Waals surface area contributed by atoms with Crippen LogP contribution in [0.25, 0.3) is 0 Å². The molecule has 0 saturated carbocycles. The number of aliphatic hydroxyl groups is 2. The summed E-state index contributed by atoms with van der Waals surface area (Å²) >= 11 is 9.53. The third-order valence-electron chi connectivity index (χ3n) is 4.29. The summed E-state index contributed by atoms with van der Waals surface area (Å²) in [5.74, 6) is -0.118. The van der Waals surface area contributed by atoms with Crippen molar-refractivity contribution in [2.75, 3.05) is 24.7 Å². The molecule has 1 atom stereocenters. The van der Waals surface area contributed by atoms with Crippen LogP contribution >= 0.6 is 27.5 Å². The highest BCUT2D eigenvalue weighted by Crippen LogP contribution is 2.40. The largest absolute Gasteiger partial charge is 0.396 e. The predicted molar refractivity (Wildman–Crippen MR) is 86.2 cm³/mol. The minimum Gasteiger partial charge on any atom is -0.396 e. The standard InChI is InChI=1S/C14H18BrClO4S/c15-12-2-1-10(13(16)5-12)6-14(8-17,9-18)11-3-4-21(19,20)7-11/h1-2,5,11,17-18H,3-4,6-9H2. The third-order valence-corrected chi connectivity index (χ3v) is 6.90. The van der Waals surface area contributed by atoms with Crippen LogP contribution in [0.2, 0.25) is 5.02 Å². The Kier molecular flexibility index (Phi) is 5.36. The van der Waals surface area contributed by atoms with Gasteiger partial charge in [0.15, 0.2) is 9.84 Å². The Hall–Kier alpha value is -0.140. The Bertz CT molecular complexity index is 613. The summed E-state index contributed by atoms with van der Waals surface area (Å²) in [6.45, 7) is -0.536. The Morgan fingerprint density at radius 2 is 2.00 bits per heavy atom. The minimum absolute atomic E-state index is 0.0161. The summed E-state index contributed by atoms with van der Waals surface area (Å²) in [4.78, 5) is 0. The normalized spacial score (nSPS) is 21.6. The summed E-state index contributed by atoms with van der Waals surface area (Å²) < 4.78 is 24.2. The van der Waals surface area contributed by atoms with Gasteiger partial charge in [0.25, 0.3) is 0 Å². The van der Waals surface area contributed by atoms with Gasteiger partial charge in [-0.05, 0) is 36.5 Å². The molecule has 7 heteroatoms. The average Bonchev–Trinajstić information content (AvgIpc) is 2.79. The molecule has 1 fully saturated rings. The molecule has 1 heterocycles. The Labute approximate surface area is 138 Å². The van der Waals surface area contributed by atoms with Gasteiger partial charge in [0.1, 0.15) is 0 Å². The Morgan fingerprint density at radius 1 is 1.33 bits per heavy atom. The van der Waals surface area contributed by atoms with E-state index in [1.807, 2.05) is 12.1 Å². The van der Waals surface area contributed by atoms with Crippen molar-refractivity contribution in [1.29, 1.82) is 0 Å². The number of sulfone groups is 1. The first-order valence-electron chi connectivity index (χ1n) is 6.68. The summed E-state index contributed by atoms with van der Waals surface area (Å²) in [6.07, 6.45) is 0.823. The molecule has 1 aromatic rings. The molecule has 1 saturated heterocycles. The molecule has 0 radical (unpaired) electrons. The van der Waals surface area contributed by atoms with Crippen LogP contribution in [-0.2, 0) is 16.3 Å². The van der Waals surface area contributed by atoms with Crippen LogP contribution in [0.15, 0.2) is 22.7 Å². The third kappa shape index (κ3) is 3.79. The maximum atomic E-state index is 11.7. The monoisotopic (exact) mass is 396 g/mol. The summed E-state index contributed by atoms with van der Waals surface area (Å²) in [5, 5.41) is 20.2. The molecule has 2 rings (SSSR count). The number of hydrogen-bond donors (Lipinski definition) is 2. The molecule has 4 nitrogen and oxygen atoms in total. The summed E-state index contributed by atoms with van der Waals surface area (Å²) in [5.41, 5.74) is -0.0617. The lowest BCUT2D eigenvalue weighted by molar-refractivity contribution is 0.0124. The number of aliphatic hydroxyl groups excluding tert-OH is 2. The summed E-state index contributed by atoms with van der Waals surface area (Å²) in [7, 11) is -3.07. The van der Waals surface area contributed by atoms with Gasteiger partial charge >= 0.3 is 0 Å². The van der Waals surface area contributed by atoms with Crippen LogP contribution in [0.5, 0.6) is 0 Å². The van der Waals surface area contributed by atoms with Crippen molar-refractivity contribution in [2.24, 2.45) is 11.3 Å². The van der Waals surface area contributed by atoms with Crippen molar-refractivity contribution in [3.05, 3.63) is 33.3 Å². The quantitative estimate of drug-likeness (QED) is 0.797. The maximum Gasteiger partial charge on any atom is 0.150 e. The molecule has 118 valence electrons. The van der Waals surface area contributed by atoms with E-state index in [2.05, 4.69) is 15.9 Å². The lowest BCUT2D eigenvalue weighted by atomic mass is 9.72. The highest BCUT2D eigenvalue weighted by atomic mass is 79.9. The van der Waals surface area contributed by atoms with Crippen molar-refractivity contribution in [1.82, 2.24) is 0 Å². The fourth-order valence-electron chi connectivity index (χ4n) is 2.89. The molecule has 0 aliphatic carbocycles. The summed E-state index contributed by atoms with van der Waals surface area (Å²) in [6, 6.07) is 5.42. The van der Waals surface area contributed by atoms with Gasteiger partial charge in [0.2, 0.25) is 0 Å². The van der Waals surface area contributed by atoms with Gasteiger partial charge < -0.3 is 10.2 Å². The van der Waals surface area contributed by atoms with Crippen LogP contribution in [0.1, 0.15) is 12.0 Å². The van der Waals surface area contributed by atoms with E-state index in [0.717, 1.165) is 10.0 Å². The van der Waals surface area contributed by atoms with E-state index in [0.29, 0.717) is 17.9 Å². The van der Waals surface area contributed by atoms with E-state index >= 15 is 0 Å². The van der Waals surface area contributed by atoms with Crippen molar-refractivity contribution < 1.29 is 18.6 Å². The highest BCUT2D eigenvalue weighted by Gasteiger charge is 2.44. The molecule has 21 heavy (non-hydrogen) atoms. The van der Waals surface area contributed by atoms with Crippen molar-refractivity contribution in [3.8, 4) is 0 Å². The maximum absolute atomic E-state index is 11.7. The second-order valence-corrected chi connectivity index (χ2v) is 9.24. The van der Waals surface area contributed by atoms with Crippen LogP contribution in [0, 0.1) is 11.3 Å². The topological polar surface area (TPSA) is 74.6 Å². The van der Waals surface area contributed by atoms with Gasteiger partial charge in [-0.15, -0.1) is 0 Å². The first kappa shape index (κ1) is 17.2. The number of rotatable bonds is 5. The van der Waals surface area contributed by atoms with Gasteiger partial charge in [-0.2, -0.15) is 0 Å². The zero-order chi connectivity index (χ0) is 15.7. The highest BCUT2D eigenvalue weighted by molar-refractivity contribution is 9.10. The van der Waals surface area contributed by atoms with E-state index in [4.69, 9.17) is 11.6 Å². The zero-order valence-corrected chi connectivity index (χ0v) is 14.6. The van der Waals surface area contributed by atoms with Crippen LogP contribution in [0.4, 0.5) is 0 Å². The van der Waals surface area contributed by atoms with E-state index in [-0.39, 0.29) is 30.6 Å². The van der Waals surface area contributed by atoms with Gasteiger partial charge in [0, 0.05) is 14.9 Å². The molecule has 1 aliphatic heterocycles. The Balaban J connectivity index is 2.30. The van der Waals surface area contributed by atoms with Crippen molar-refractivity contribution in [3.63, 3.8) is 0 Å². The molecule has 1 aliphatic rings. The van der Waals surface area contributed by atoms with Crippen LogP contribution in [0.3, 0.4) is 0 Å². The number of hydrogen-bond acceptors (Lipinski definition) is 4. The van der Waals surface area contributed by atoms with Crippen molar-refractivity contribution in [2.45, 2.75) is 12.8 Å². The molecule has 0 spiro atoms. The molecule has 0 amide bonds. The second-order valence-electron chi connectivity index (χ2n) is 5.69. The van der Waals surface area contributed by atoms with E-state index < -0.39 is 15.3 Å². The minimum atomic E-state index is -3.07. The first-order chi connectivity index (χ1) is 9.82. The van der Waals surface area contributed by atoms with E-state index in [1.54, 1.807) is 6.07 Å². The van der Waals surface area contributed by atoms with E-state index in [9.17, 15) is 18.6 Å². The van der Waals surface area contributed by atoms with Crippen LogP contribution < -0.4 is 0 Å². The van der Waals surface area contributed by atoms with Crippen LogP contribution in [-0.4, -0.2) is 43.4 Å². The average molecular weight is 398 g/mol. The van der Waals surface area contributed by atoms with Gasteiger partial charge in [-0.1, -0.05) is 33.6 Å². The van der Waals surface area contributed by atoms with Crippen molar-refractivity contribution >= 4 is 37.4 Å². The zero-order valence-electron chi connectivity index (χ0n) is 11.4. The molecule has 0 aromatic heterocycles. The number of halogens is 2. The Morgan fingerprint density at radius 3 is 2.48 bits per heavy atom. The fraction of sp³-hybridized carbons (Fsp3) is 0.571. The molecule has 1 unspecified atom stereocenters. The second kappa shape index (κ2) is 6.54.